The molecule has 0 aromatic heterocycles. The smallest absolute Gasteiger partial charge is 0.416 e. The molecule has 2 unspecified atom stereocenters. The highest BCUT2D eigenvalue weighted by atomic mass is 19.4. The molecule has 0 bridgehead atoms. The second-order valence-corrected chi connectivity index (χ2v) is 7.12. The van der Waals surface area contributed by atoms with Gasteiger partial charge in [0.25, 0.3) is 0 Å². The maximum absolute atomic E-state index is 13.3. The molecule has 2 aromatic carbocycles. The quantitative estimate of drug-likeness (QED) is 0.721. The first-order chi connectivity index (χ1) is 13.8. The summed E-state index contributed by atoms with van der Waals surface area (Å²) < 4.78 is 45.3. The SMILES string of the molecule is CCOc1ccc(C(c2cccc(C(F)(F)F)c2)N2CCCCC2C(=O)O)cc1. The van der Waals surface area contributed by atoms with Gasteiger partial charge >= 0.3 is 12.1 Å². The zero-order chi connectivity index (χ0) is 21.0. The van der Waals surface area contributed by atoms with Crippen molar-refractivity contribution < 1.29 is 27.8 Å². The van der Waals surface area contributed by atoms with Crippen LogP contribution in [0, 0.1) is 0 Å². The molecule has 0 spiro atoms. The summed E-state index contributed by atoms with van der Waals surface area (Å²) in [4.78, 5) is 13.7. The Kier molecular flexibility index (Phi) is 6.47. The monoisotopic (exact) mass is 407 g/mol. The van der Waals surface area contributed by atoms with Gasteiger partial charge in [0.15, 0.2) is 0 Å². The first-order valence-corrected chi connectivity index (χ1v) is 9.69. The fraction of sp³-hybridized carbons (Fsp3) is 0.409. The summed E-state index contributed by atoms with van der Waals surface area (Å²) in [5.41, 5.74) is 0.424. The van der Waals surface area contributed by atoms with Crippen LogP contribution in [0.3, 0.4) is 0 Å². The molecule has 2 aromatic rings. The largest absolute Gasteiger partial charge is 0.494 e. The second kappa shape index (κ2) is 8.86. The molecular weight excluding hydrogens is 383 g/mol. The van der Waals surface area contributed by atoms with E-state index >= 15 is 0 Å². The van der Waals surface area contributed by atoms with Crippen molar-refractivity contribution >= 4 is 5.97 Å². The molecule has 4 nitrogen and oxygen atoms in total. The number of benzene rings is 2. The highest BCUT2D eigenvalue weighted by molar-refractivity contribution is 5.73. The van der Waals surface area contributed by atoms with Gasteiger partial charge in [-0.2, -0.15) is 13.2 Å². The van der Waals surface area contributed by atoms with Crippen LogP contribution in [0.4, 0.5) is 13.2 Å². The van der Waals surface area contributed by atoms with Gasteiger partial charge < -0.3 is 9.84 Å². The standard InChI is InChI=1S/C22H24F3NO3/c1-2-29-18-11-9-15(10-12-18)20(26-13-4-3-8-19(26)21(27)28)16-6-5-7-17(14-16)22(23,24)25/h5-7,9-12,14,19-20H,2-4,8,13H2,1H3,(H,27,28). The molecule has 156 valence electrons. The van der Waals surface area contributed by atoms with E-state index in [2.05, 4.69) is 0 Å². The molecule has 2 atom stereocenters. The van der Waals surface area contributed by atoms with Crippen molar-refractivity contribution in [1.29, 1.82) is 0 Å². The lowest BCUT2D eigenvalue weighted by Crippen LogP contribution is -2.46. The maximum atomic E-state index is 13.3. The van der Waals surface area contributed by atoms with Crippen LogP contribution in [-0.2, 0) is 11.0 Å². The Morgan fingerprint density at radius 3 is 2.52 bits per heavy atom. The van der Waals surface area contributed by atoms with Crippen LogP contribution < -0.4 is 4.74 Å². The molecule has 3 rings (SSSR count). The topological polar surface area (TPSA) is 49.8 Å². The molecule has 0 radical (unpaired) electrons. The molecule has 1 fully saturated rings. The predicted molar refractivity (Wildman–Crippen MR) is 103 cm³/mol. The fourth-order valence-corrected chi connectivity index (χ4v) is 3.90. The van der Waals surface area contributed by atoms with Gasteiger partial charge in [-0.3, -0.25) is 9.69 Å². The van der Waals surface area contributed by atoms with Crippen molar-refractivity contribution in [2.24, 2.45) is 0 Å². The van der Waals surface area contributed by atoms with Crippen molar-refractivity contribution in [1.82, 2.24) is 4.90 Å². The third-order valence-electron chi connectivity index (χ3n) is 5.20. The number of carboxylic acid groups (broad SMARTS) is 1. The van der Waals surface area contributed by atoms with E-state index in [9.17, 15) is 23.1 Å². The van der Waals surface area contributed by atoms with E-state index in [-0.39, 0.29) is 0 Å². The molecule has 0 amide bonds. The minimum absolute atomic E-state index is 0.428. The second-order valence-electron chi connectivity index (χ2n) is 7.12. The third-order valence-corrected chi connectivity index (χ3v) is 5.20. The first-order valence-electron chi connectivity index (χ1n) is 9.69. The number of hydrogen-bond acceptors (Lipinski definition) is 3. The summed E-state index contributed by atoms with van der Waals surface area (Å²) in [6.45, 7) is 2.87. The Morgan fingerprint density at radius 2 is 1.90 bits per heavy atom. The van der Waals surface area contributed by atoms with Crippen molar-refractivity contribution in [3.05, 3.63) is 65.2 Å². The van der Waals surface area contributed by atoms with Gasteiger partial charge in [0.1, 0.15) is 11.8 Å². The summed E-state index contributed by atoms with van der Waals surface area (Å²) >= 11 is 0. The van der Waals surface area contributed by atoms with E-state index in [4.69, 9.17) is 4.74 Å². The normalized spacial score (nSPS) is 19.0. The number of carboxylic acids is 1. The summed E-state index contributed by atoms with van der Waals surface area (Å²) in [5.74, 6) is -0.292. The molecule has 0 saturated carbocycles. The number of nitrogens with zero attached hydrogens (tertiary/aromatic N) is 1. The lowest BCUT2D eigenvalue weighted by molar-refractivity contribution is -0.145. The highest BCUT2D eigenvalue weighted by Crippen LogP contribution is 2.37. The summed E-state index contributed by atoms with van der Waals surface area (Å²) in [6, 6.07) is 10.9. The number of likely N-dealkylation sites (tertiary alicyclic amines) is 1. The van der Waals surface area contributed by atoms with Gasteiger partial charge in [0.05, 0.1) is 18.2 Å². The van der Waals surface area contributed by atoms with E-state index in [0.717, 1.165) is 30.5 Å². The van der Waals surface area contributed by atoms with Gasteiger partial charge in [-0.1, -0.05) is 30.7 Å². The van der Waals surface area contributed by atoms with Gasteiger partial charge in [0, 0.05) is 0 Å². The van der Waals surface area contributed by atoms with Crippen molar-refractivity contribution in [3.63, 3.8) is 0 Å². The van der Waals surface area contributed by atoms with Crippen LogP contribution >= 0.6 is 0 Å². The van der Waals surface area contributed by atoms with Crippen LogP contribution in [0.1, 0.15) is 48.9 Å². The van der Waals surface area contributed by atoms with Crippen LogP contribution in [0.5, 0.6) is 5.75 Å². The minimum Gasteiger partial charge on any atom is -0.494 e. The van der Waals surface area contributed by atoms with Gasteiger partial charge in [-0.15, -0.1) is 0 Å². The molecule has 29 heavy (non-hydrogen) atoms. The molecule has 0 aliphatic carbocycles. The summed E-state index contributed by atoms with van der Waals surface area (Å²) in [7, 11) is 0. The zero-order valence-electron chi connectivity index (χ0n) is 16.2. The molecular formula is C22H24F3NO3. The number of rotatable bonds is 6. The molecule has 1 N–H and O–H groups in total. The average molecular weight is 407 g/mol. The Bertz CT molecular complexity index is 836. The van der Waals surface area contributed by atoms with Crippen molar-refractivity contribution in [2.45, 2.75) is 44.4 Å². The number of alkyl halides is 3. The number of hydrogen-bond donors (Lipinski definition) is 1. The van der Waals surface area contributed by atoms with Gasteiger partial charge in [0.2, 0.25) is 0 Å². The number of ether oxygens (including phenoxy) is 1. The number of piperidine rings is 1. The van der Waals surface area contributed by atoms with Gasteiger partial charge in [-0.05, 0) is 61.7 Å². The van der Waals surface area contributed by atoms with E-state index in [1.165, 1.54) is 6.07 Å². The number of halogens is 3. The number of aliphatic carboxylic acids is 1. The fourth-order valence-electron chi connectivity index (χ4n) is 3.90. The molecule has 1 saturated heterocycles. The molecule has 1 aliphatic heterocycles. The lowest BCUT2D eigenvalue weighted by atomic mass is 9.91. The molecule has 1 heterocycles. The predicted octanol–water partition coefficient (Wildman–Crippen LogP) is 5.13. The lowest BCUT2D eigenvalue weighted by Gasteiger charge is -2.39. The van der Waals surface area contributed by atoms with Crippen molar-refractivity contribution in [2.75, 3.05) is 13.2 Å². The first kappa shape index (κ1) is 21.2. The minimum atomic E-state index is -4.46. The van der Waals surface area contributed by atoms with Crippen LogP contribution in [0.25, 0.3) is 0 Å². The molecule has 7 heteroatoms. The Morgan fingerprint density at radius 1 is 1.17 bits per heavy atom. The Balaban J connectivity index is 2.07. The van der Waals surface area contributed by atoms with Crippen LogP contribution in [0.15, 0.2) is 48.5 Å². The van der Waals surface area contributed by atoms with Crippen molar-refractivity contribution in [3.8, 4) is 5.75 Å². The number of carbonyl (C=O) groups is 1. The van der Waals surface area contributed by atoms with E-state index in [1.807, 2.05) is 6.92 Å². The van der Waals surface area contributed by atoms with E-state index in [1.54, 1.807) is 35.2 Å². The third kappa shape index (κ3) is 4.90. The Labute approximate surface area is 167 Å². The summed E-state index contributed by atoms with van der Waals surface area (Å²) in [5, 5.41) is 9.71. The van der Waals surface area contributed by atoms with E-state index in [0.29, 0.717) is 30.9 Å². The zero-order valence-corrected chi connectivity index (χ0v) is 16.2. The van der Waals surface area contributed by atoms with Crippen LogP contribution in [-0.4, -0.2) is 35.2 Å². The average Bonchev–Trinajstić information content (AvgIpc) is 2.70. The highest BCUT2D eigenvalue weighted by Gasteiger charge is 2.36. The molecule has 1 aliphatic rings. The van der Waals surface area contributed by atoms with E-state index < -0.39 is 29.8 Å². The maximum Gasteiger partial charge on any atom is 0.416 e. The summed E-state index contributed by atoms with van der Waals surface area (Å²) in [6.07, 6.45) is -2.41. The van der Waals surface area contributed by atoms with Crippen LogP contribution in [0.2, 0.25) is 0 Å². The van der Waals surface area contributed by atoms with Gasteiger partial charge in [-0.25, -0.2) is 0 Å². The Hall–Kier alpha value is -2.54.